The molecule has 1 fully saturated rings. The van der Waals surface area contributed by atoms with Crippen molar-refractivity contribution in [3.63, 3.8) is 0 Å². The Morgan fingerprint density at radius 2 is 2.33 bits per heavy atom. The Kier molecular flexibility index (Phi) is 1.97. The van der Waals surface area contributed by atoms with Crippen molar-refractivity contribution in [2.24, 2.45) is 5.92 Å². The third kappa shape index (κ3) is 1.19. The van der Waals surface area contributed by atoms with Crippen molar-refractivity contribution >= 4 is 11.3 Å². The summed E-state index contributed by atoms with van der Waals surface area (Å²) in [6, 6.07) is 2.03. The van der Waals surface area contributed by atoms with Crippen LogP contribution in [0.4, 0.5) is 0 Å². The molecule has 0 aliphatic heterocycles. The van der Waals surface area contributed by atoms with E-state index in [1.807, 2.05) is 18.4 Å². The smallest absolute Gasteiger partial charge is 0.0904 e. The Balaban J connectivity index is 2.19. The van der Waals surface area contributed by atoms with Crippen molar-refractivity contribution in [2.75, 3.05) is 0 Å². The van der Waals surface area contributed by atoms with E-state index in [0.29, 0.717) is 5.92 Å². The lowest BCUT2D eigenvalue weighted by atomic mass is 9.71. The van der Waals surface area contributed by atoms with Gasteiger partial charge in [0.05, 0.1) is 5.60 Å². The summed E-state index contributed by atoms with van der Waals surface area (Å²) in [5.74, 6) is 0.493. The summed E-state index contributed by atoms with van der Waals surface area (Å²) in [7, 11) is 0. The minimum absolute atomic E-state index is 0.493. The lowest BCUT2D eigenvalue weighted by molar-refractivity contribution is -0.0395. The molecule has 1 aliphatic carbocycles. The third-order valence-electron chi connectivity index (χ3n) is 3.01. The fourth-order valence-corrected chi connectivity index (χ4v) is 2.53. The lowest BCUT2D eigenvalue weighted by Gasteiger charge is -2.38. The van der Waals surface area contributed by atoms with Crippen LogP contribution < -0.4 is 0 Å². The summed E-state index contributed by atoms with van der Waals surface area (Å²) >= 11 is 1.66. The molecule has 0 spiro atoms. The van der Waals surface area contributed by atoms with Gasteiger partial charge < -0.3 is 5.11 Å². The Morgan fingerprint density at radius 1 is 1.58 bits per heavy atom. The molecule has 0 aromatic carbocycles. The predicted octanol–water partition coefficient (Wildman–Crippen LogP) is 2.76. The van der Waals surface area contributed by atoms with Crippen LogP contribution in [0, 0.1) is 5.92 Å². The Labute approximate surface area is 77.0 Å². The SMILES string of the molecule is CC(O)(c1ccsc1)C1CCC1. The van der Waals surface area contributed by atoms with E-state index in [-0.39, 0.29) is 0 Å². The maximum atomic E-state index is 10.2. The third-order valence-corrected chi connectivity index (χ3v) is 3.69. The molecule has 1 nitrogen and oxygen atoms in total. The summed E-state index contributed by atoms with van der Waals surface area (Å²) in [6.07, 6.45) is 3.65. The molecule has 1 N–H and O–H groups in total. The molecular weight excluding hydrogens is 168 g/mol. The van der Waals surface area contributed by atoms with E-state index in [2.05, 4.69) is 5.38 Å². The fraction of sp³-hybridized carbons (Fsp3) is 0.600. The highest BCUT2D eigenvalue weighted by molar-refractivity contribution is 7.08. The molecule has 1 aromatic heterocycles. The van der Waals surface area contributed by atoms with E-state index in [9.17, 15) is 5.11 Å². The van der Waals surface area contributed by atoms with Gasteiger partial charge in [0.25, 0.3) is 0 Å². The lowest BCUT2D eigenvalue weighted by Crippen LogP contribution is -2.35. The summed E-state index contributed by atoms with van der Waals surface area (Å²) in [6.45, 7) is 1.94. The molecule has 2 heteroatoms. The summed E-state index contributed by atoms with van der Waals surface area (Å²) in [5.41, 5.74) is 0.523. The minimum atomic E-state index is -0.571. The summed E-state index contributed by atoms with van der Waals surface area (Å²) in [4.78, 5) is 0. The topological polar surface area (TPSA) is 20.2 Å². The van der Waals surface area contributed by atoms with Gasteiger partial charge in [0.15, 0.2) is 0 Å². The van der Waals surface area contributed by atoms with Crippen LogP contribution in [-0.4, -0.2) is 5.11 Å². The number of hydrogen-bond acceptors (Lipinski definition) is 2. The second kappa shape index (κ2) is 2.86. The highest BCUT2D eigenvalue weighted by Gasteiger charge is 2.37. The standard InChI is InChI=1S/C10H14OS/c1-10(11,8-3-2-4-8)9-5-6-12-7-9/h5-8,11H,2-4H2,1H3. The first kappa shape index (κ1) is 8.27. The molecule has 0 saturated heterocycles. The van der Waals surface area contributed by atoms with E-state index in [1.165, 1.54) is 19.3 Å². The molecule has 1 atom stereocenters. The second-order valence-corrected chi connectivity index (χ2v) is 4.57. The molecule has 0 amide bonds. The van der Waals surface area contributed by atoms with Crippen LogP contribution in [0.25, 0.3) is 0 Å². The zero-order valence-electron chi connectivity index (χ0n) is 7.29. The van der Waals surface area contributed by atoms with Crippen LogP contribution in [-0.2, 0) is 5.60 Å². The first-order chi connectivity index (χ1) is 5.71. The van der Waals surface area contributed by atoms with Gasteiger partial charge in [0.1, 0.15) is 0 Å². The molecule has 1 saturated carbocycles. The fourth-order valence-electron chi connectivity index (χ4n) is 1.76. The predicted molar refractivity (Wildman–Crippen MR) is 51.2 cm³/mol. The largest absolute Gasteiger partial charge is 0.385 e. The molecule has 2 rings (SSSR count). The van der Waals surface area contributed by atoms with Crippen molar-refractivity contribution in [3.8, 4) is 0 Å². The molecule has 1 aromatic rings. The van der Waals surface area contributed by atoms with Gasteiger partial charge in [-0.2, -0.15) is 11.3 Å². The van der Waals surface area contributed by atoms with Gasteiger partial charge in [-0.25, -0.2) is 0 Å². The van der Waals surface area contributed by atoms with Crippen molar-refractivity contribution in [3.05, 3.63) is 22.4 Å². The average Bonchev–Trinajstić information content (AvgIpc) is 2.30. The highest BCUT2D eigenvalue weighted by atomic mass is 32.1. The zero-order valence-corrected chi connectivity index (χ0v) is 8.10. The minimum Gasteiger partial charge on any atom is -0.385 e. The van der Waals surface area contributed by atoms with Gasteiger partial charge in [0, 0.05) is 0 Å². The summed E-state index contributed by atoms with van der Waals surface area (Å²) < 4.78 is 0. The zero-order chi connectivity index (χ0) is 8.60. The Hall–Kier alpha value is -0.340. The van der Waals surface area contributed by atoms with Crippen LogP contribution in [0.1, 0.15) is 31.7 Å². The van der Waals surface area contributed by atoms with Gasteiger partial charge in [0.2, 0.25) is 0 Å². The van der Waals surface area contributed by atoms with E-state index in [1.54, 1.807) is 11.3 Å². The Bertz CT molecular complexity index is 247. The normalized spacial score (nSPS) is 23.2. The molecule has 1 unspecified atom stereocenters. The van der Waals surface area contributed by atoms with E-state index in [0.717, 1.165) is 5.56 Å². The monoisotopic (exact) mass is 182 g/mol. The molecule has 1 heterocycles. The van der Waals surface area contributed by atoms with Crippen LogP contribution in [0.3, 0.4) is 0 Å². The molecule has 66 valence electrons. The molecule has 0 radical (unpaired) electrons. The van der Waals surface area contributed by atoms with Crippen molar-refractivity contribution in [1.82, 2.24) is 0 Å². The van der Waals surface area contributed by atoms with Gasteiger partial charge in [-0.1, -0.05) is 6.42 Å². The van der Waals surface area contributed by atoms with Gasteiger partial charge in [-0.3, -0.25) is 0 Å². The van der Waals surface area contributed by atoms with Crippen LogP contribution >= 0.6 is 11.3 Å². The maximum Gasteiger partial charge on any atom is 0.0904 e. The van der Waals surface area contributed by atoms with Crippen LogP contribution in [0.5, 0.6) is 0 Å². The second-order valence-electron chi connectivity index (χ2n) is 3.79. The molecule has 12 heavy (non-hydrogen) atoms. The highest BCUT2D eigenvalue weighted by Crippen LogP contribution is 2.42. The van der Waals surface area contributed by atoms with E-state index >= 15 is 0 Å². The van der Waals surface area contributed by atoms with Gasteiger partial charge in [-0.05, 0) is 48.1 Å². The number of hydrogen-bond donors (Lipinski definition) is 1. The number of thiophene rings is 1. The molecule has 1 aliphatic rings. The number of rotatable bonds is 2. The van der Waals surface area contributed by atoms with Crippen molar-refractivity contribution in [1.29, 1.82) is 0 Å². The molecule has 0 bridgehead atoms. The van der Waals surface area contributed by atoms with E-state index < -0.39 is 5.60 Å². The van der Waals surface area contributed by atoms with Gasteiger partial charge >= 0.3 is 0 Å². The summed E-state index contributed by atoms with van der Waals surface area (Å²) in [5, 5.41) is 14.3. The van der Waals surface area contributed by atoms with Gasteiger partial charge in [-0.15, -0.1) is 0 Å². The van der Waals surface area contributed by atoms with Crippen LogP contribution in [0.15, 0.2) is 16.8 Å². The first-order valence-electron chi connectivity index (χ1n) is 4.46. The average molecular weight is 182 g/mol. The molecular formula is C10H14OS. The van der Waals surface area contributed by atoms with E-state index in [4.69, 9.17) is 0 Å². The number of aliphatic hydroxyl groups is 1. The quantitative estimate of drug-likeness (QED) is 0.745. The van der Waals surface area contributed by atoms with Crippen LogP contribution in [0.2, 0.25) is 0 Å². The van der Waals surface area contributed by atoms with Crippen molar-refractivity contribution in [2.45, 2.75) is 31.8 Å². The van der Waals surface area contributed by atoms with Crippen molar-refractivity contribution < 1.29 is 5.11 Å². The first-order valence-corrected chi connectivity index (χ1v) is 5.40. The maximum absolute atomic E-state index is 10.2. The Morgan fingerprint density at radius 3 is 2.75 bits per heavy atom.